The van der Waals surface area contributed by atoms with Crippen molar-refractivity contribution in [2.75, 3.05) is 13.1 Å². The Morgan fingerprint density at radius 2 is 2.18 bits per heavy atom. The van der Waals surface area contributed by atoms with Crippen molar-refractivity contribution >= 4 is 23.2 Å². The maximum absolute atomic E-state index is 6.13. The van der Waals surface area contributed by atoms with Gasteiger partial charge < -0.3 is 0 Å². The molecular formula is C13H18Cl2N2. The van der Waals surface area contributed by atoms with Crippen LogP contribution in [0.3, 0.4) is 0 Å². The summed E-state index contributed by atoms with van der Waals surface area (Å²) < 4.78 is 0. The average molecular weight is 273 g/mol. The van der Waals surface area contributed by atoms with Crippen molar-refractivity contribution in [3.8, 4) is 0 Å². The van der Waals surface area contributed by atoms with Crippen LogP contribution in [0.1, 0.15) is 26.0 Å². The molecule has 1 aromatic rings. The highest BCUT2D eigenvalue weighted by Gasteiger charge is 2.25. The molecule has 0 bridgehead atoms. The maximum Gasteiger partial charge on any atom is 0.129 e. The van der Waals surface area contributed by atoms with Crippen LogP contribution in [0.5, 0.6) is 0 Å². The number of nitrogens with zero attached hydrogens (tertiary/aromatic N) is 2. The van der Waals surface area contributed by atoms with Gasteiger partial charge in [0.1, 0.15) is 5.15 Å². The van der Waals surface area contributed by atoms with Gasteiger partial charge in [0.05, 0.1) is 10.7 Å². The van der Waals surface area contributed by atoms with Gasteiger partial charge in [-0.1, -0.05) is 37.0 Å². The minimum Gasteiger partial charge on any atom is -0.297 e. The molecule has 1 aromatic heterocycles. The third-order valence-electron chi connectivity index (χ3n) is 3.51. The summed E-state index contributed by atoms with van der Waals surface area (Å²) in [5.74, 6) is 1.55. The number of hydrogen-bond donors (Lipinski definition) is 0. The van der Waals surface area contributed by atoms with Gasteiger partial charge in [-0.15, -0.1) is 0 Å². The molecule has 1 unspecified atom stereocenters. The summed E-state index contributed by atoms with van der Waals surface area (Å²) in [6.45, 7) is 7.66. The molecule has 1 atom stereocenters. The zero-order valence-corrected chi connectivity index (χ0v) is 11.8. The second kappa shape index (κ2) is 5.55. The molecule has 1 saturated heterocycles. The van der Waals surface area contributed by atoms with Crippen molar-refractivity contribution in [3.05, 3.63) is 28.0 Å². The first kappa shape index (κ1) is 13.1. The van der Waals surface area contributed by atoms with E-state index in [9.17, 15) is 0 Å². The number of hydrogen-bond acceptors (Lipinski definition) is 2. The zero-order valence-electron chi connectivity index (χ0n) is 10.3. The Labute approximate surface area is 113 Å². The summed E-state index contributed by atoms with van der Waals surface area (Å²) in [4.78, 5) is 6.71. The molecule has 94 valence electrons. The largest absolute Gasteiger partial charge is 0.297 e. The summed E-state index contributed by atoms with van der Waals surface area (Å²) in [5.41, 5.74) is 0.892. The predicted octanol–water partition coefficient (Wildman–Crippen LogP) is 3.87. The lowest BCUT2D eigenvalue weighted by atomic mass is 9.95. The van der Waals surface area contributed by atoms with Crippen LogP contribution >= 0.6 is 23.2 Å². The van der Waals surface area contributed by atoms with Crippen molar-refractivity contribution in [2.45, 2.75) is 26.8 Å². The summed E-state index contributed by atoms with van der Waals surface area (Å²) in [6.07, 6.45) is 1.27. The summed E-state index contributed by atoms with van der Waals surface area (Å²) in [5, 5.41) is 1.23. The highest BCUT2D eigenvalue weighted by molar-refractivity contribution is 6.32. The third kappa shape index (κ3) is 3.34. The molecule has 0 aliphatic carbocycles. The van der Waals surface area contributed by atoms with E-state index in [-0.39, 0.29) is 0 Å². The van der Waals surface area contributed by atoms with Crippen LogP contribution in [0.4, 0.5) is 0 Å². The molecule has 0 aromatic carbocycles. The normalized spacial score (nSPS) is 21.4. The van der Waals surface area contributed by atoms with Crippen LogP contribution in [0, 0.1) is 11.8 Å². The first-order valence-electron chi connectivity index (χ1n) is 6.09. The molecule has 0 radical (unpaired) electrons. The number of likely N-dealkylation sites (tertiary alicyclic amines) is 1. The fraction of sp³-hybridized carbons (Fsp3) is 0.615. The highest BCUT2D eigenvalue weighted by atomic mass is 35.5. The van der Waals surface area contributed by atoms with Gasteiger partial charge in [-0.3, -0.25) is 4.90 Å². The SMILES string of the molecule is CC(C)C1CCN(Cc2nc(Cl)ccc2Cl)C1. The lowest BCUT2D eigenvalue weighted by Crippen LogP contribution is -2.22. The van der Waals surface area contributed by atoms with E-state index in [2.05, 4.69) is 23.7 Å². The molecule has 0 saturated carbocycles. The fourth-order valence-electron chi connectivity index (χ4n) is 2.33. The lowest BCUT2D eigenvalue weighted by molar-refractivity contribution is 0.294. The van der Waals surface area contributed by atoms with E-state index in [1.165, 1.54) is 6.42 Å². The van der Waals surface area contributed by atoms with Crippen LogP contribution in [0.15, 0.2) is 12.1 Å². The minimum absolute atomic E-state index is 0.518. The standard InChI is InChI=1S/C13H18Cl2N2/c1-9(2)10-5-6-17(7-10)8-12-11(14)3-4-13(15)16-12/h3-4,9-10H,5-8H2,1-2H3. The number of rotatable bonds is 3. The van der Waals surface area contributed by atoms with Crippen molar-refractivity contribution in [3.63, 3.8) is 0 Å². The molecule has 2 rings (SSSR count). The molecule has 1 fully saturated rings. The van der Waals surface area contributed by atoms with Crippen molar-refractivity contribution in [1.82, 2.24) is 9.88 Å². The van der Waals surface area contributed by atoms with Crippen molar-refractivity contribution < 1.29 is 0 Å². The zero-order chi connectivity index (χ0) is 12.4. The Balaban J connectivity index is 2.00. The number of halogens is 2. The van der Waals surface area contributed by atoms with Gasteiger partial charge in [0.25, 0.3) is 0 Å². The highest BCUT2D eigenvalue weighted by Crippen LogP contribution is 2.26. The molecule has 1 aliphatic heterocycles. The summed E-state index contributed by atoms with van der Waals surface area (Å²) >= 11 is 12.0. The van der Waals surface area contributed by atoms with Gasteiger partial charge in [-0.2, -0.15) is 0 Å². The fourth-order valence-corrected chi connectivity index (χ4v) is 2.66. The summed E-state index contributed by atoms with van der Waals surface area (Å²) in [6, 6.07) is 3.55. The van der Waals surface area contributed by atoms with Crippen LogP contribution in [-0.4, -0.2) is 23.0 Å². The van der Waals surface area contributed by atoms with Gasteiger partial charge in [-0.05, 0) is 36.9 Å². The maximum atomic E-state index is 6.13. The molecule has 4 heteroatoms. The van der Waals surface area contributed by atoms with E-state index in [0.717, 1.165) is 37.2 Å². The van der Waals surface area contributed by atoms with E-state index in [0.29, 0.717) is 10.2 Å². The molecule has 0 spiro atoms. The molecule has 0 amide bonds. The van der Waals surface area contributed by atoms with Gasteiger partial charge in [0.15, 0.2) is 0 Å². The molecule has 17 heavy (non-hydrogen) atoms. The van der Waals surface area contributed by atoms with Crippen molar-refractivity contribution in [1.29, 1.82) is 0 Å². The quantitative estimate of drug-likeness (QED) is 0.777. The van der Waals surface area contributed by atoms with Crippen molar-refractivity contribution in [2.24, 2.45) is 11.8 Å². The molecule has 2 heterocycles. The van der Waals surface area contributed by atoms with Crippen LogP contribution in [-0.2, 0) is 6.54 Å². The average Bonchev–Trinajstić information content (AvgIpc) is 2.72. The predicted molar refractivity (Wildman–Crippen MR) is 72.5 cm³/mol. The summed E-state index contributed by atoms with van der Waals surface area (Å²) in [7, 11) is 0. The van der Waals surface area contributed by atoms with Gasteiger partial charge in [0.2, 0.25) is 0 Å². The van der Waals surface area contributed by atoms with E-state index in [4.69, 9.17) is 23.2 Å². The van der Waals surface area contributed by atoms with Crippen LogP contribution < -0.4 is 0 Å². The molecular weight excluding hydrogens is 255 g/mol. The Morgan fingerprint density at radius 3 is 2.82 bits per heavy atom. The second-order valence-corrected chi connectivity index (χ2v) is 5.88. The first-order valence-corrected chi connectivity index (χ1v) is 6.85. The molecule has 0 N–H and O–H groups in total. The van der Waals surface area contributed by atoms with Gasteiger partial charge in [-0.25, -0.2) is 4.98 Å². The van der Waals surface area contributed by atoms with Crippen LogP contribution in [0.2, 0.25) is 10.2 Å². The van der Waals surface area contributed by atoms with E-state index in [1.54, 1.807) is 6.07 Å². The van der Waals surface area contributed by atoms with E-state index >= 15 is 0 Å². The Bertz CT molecular complexity index is 393. The van der Waals surface area contributed by atoms with Crippen LogP contribution in [0.25, 0.3) is 0 Å². The minimum atomic E-state index is 0.518. The number of aromatic nitrogens is 1. The lowest BCUT2D eigenvalue weighted by Gasteiger charge is -2.18. The Morgan fingerprint density at radius 1 is 1.41 bits per heavy atom. The van der Waals surface area contributed by atoms with E-state index < -0.39 is 0 Å². The van der Waals surface area contributed by atoms with Gasteiger partial charge in [0, 0.05) is 13.1 Å². The number of pyridine rings is 1. The Kier molecular flexibility index (Phi) is 4.29. The van der Waals surface area contributed by atoms with Gasteiger partial charge >= 0.3 is 0 Å². The third-order valence-corrected chi connectivity index (χ3v) is 4.06. The molecule has 1 aliphatic rings. The first-order chi connectivity index (χ1) is 8.06. The second-order valence-electron chi connectivity index (χ2n) is 5.09. The van der Waals surface area contributed by atoms with E-state index in [1.807, 2.05) is 6.07 Å². The smallest absolute Gasteiger partial charge is 0.129 e. The topological polar surface area (TPSA) is 16.1 Å². The monoisotopic (exact) mass is 272 g/mol. The Hall–Kier alpha value is -0.310. The molecule has 2 nitrogen and oxygen atoms in total.